The lowest BCUT2D eigenvalue weighted by Crippen LogP contribution is -2.47. The van der Waals surface area contributed by atoms with Crippen molar-refractivity contribution in [2.75, 3.05) is 20.8 Å². The Morgan fingerprint density at radius 3 is 2.50 bits per heavy atom. The number of hydrogen-bond acceptors (Lipinski definition) is 6. The summed E-state index contributed by atoms with van der Waals surface area (Å²) in [4.78, 5) is 23.2. The topological polar surface area (TPSA) is 97.9 Å². The standard InChI is InChI=1S/C17H25N3O5S/c1-11(2)25-13-8-7-12(10-14(13)23-3)16(22)19-20-17(26)18-9-5-6-15(21)24-4/h7-8,10-11H,5-6,9H2,1-4H3,(H,19,22)(H2,18,20,26). The van der Waals surface area contributed by atoms with Crippen molar-refractivity contribution in [3.63, 3.8) is 0 Å². The maximum atomic E-state index is 12.2. The summed E-state index contributed by atoms with van der Waals surface area (Å²) in [6.45, 7) is 4.29. The monoisotopic (exact) mass is 383 g/mol. The van der Waals surface area contributed by atoms with Gasteiger partial charge in [-0.2, -0.15) is 0 Å². The zero-order valence-corrected chi connectivity index (χ0v) is 16.2. The Balaban J connectivity index is 2.47. The van der Waals surface area contributed by atoms with Gasteiger partial charge in [0.1, 0.15) is 0 Å². The van der Waals surface area contributed by atoms with E-state index in [9.17, 15) is 9.59 Å². The van der Waals surface area contributed by atoms with Gasteiger partial charge in [0.05, 0.1) is 20.3 Å². The van der Waals surface area contributed by atoms with Crippen LogP contribution in [-0.2, 0) is 9.53 Å². The average molecular weight is 383 g/mol. The van der Waals surface area contributed by atoms with E-state index in [0.717, 1.165) is 0 Å². The molecule has 0 aliphatic heterocycles. The summed E-state index contributed by atoms with van der Waals surface area (Å²) in [5, 5.41) is 3.12. The SMILES string of the molecule is COC(=O)CCCNC(=S)NNC(=O)c1ccc(OC(C)C)c(OC)c1. The van der Waals surface area contributed by atoms with Crippen LogP contribution in [0.15, 0.2) is 18.2 Å². The van der Waals surface area contributed by atoms with Crippen LogP contribution in [0.25, 0.3) is 0 Å². The third-order valence-corrected chi connectivity index (χ3v) is 3.40. The Morgan fingerprint density at radius 2 is 1.88 bits per heavy atom. The summed E-state index contributed by atoms with van der Waals surface area (Å²) in [6, 6.07) is 4.89. The van der Waals surface area contributed by atoms with Crippen LogP contribution >= 0.6 is 12.2 Å². The second kappa shape index (κ2) is 11.1. The number of ether oxygens (including phenoxy) is 3. The molecule has 0 aromatic heterocycles. The molecule has 0 aliphatic rings. The van der Waals surface area contributed by atoms with Crippen molar-refractivity contribution >= 4 is 29.2 Å². The Hall–Kier alpha value is -2.55. The van der Waals surface area contributed by atoms with E-state index in [1.54, 1.807) is 18.2 Å². The number of nitrogens with one attached hydrogen (secondary N) is 3. The molecule has 0 unspecified atom stereocenters. The summed E-state index contributed by atoms with van der Waals surface area (Å²) in [7, 11) is 2.85. The zero-order valence-electron chi connectivity index (χ0n) is 15.4. The largest absolute Gasteiger partial charge is 0.493 e. The molecule has 0 saturated heterocycles. The van der Waals surface area contributed by atoms with Gasteiger partial charge in [0, 0.05) is 18.5 Å². The normalized spacial score (nSPS) is 10.0. The summed E-state index contributed by atoms with van der Waals surface area (Å²) in [6.07, 6.45) is 0.855. The molecule has 1 aromatic carbocycles. The predicted molar refractivity (Wildman–Crippen MR) is 101 cm³/mol. The molecule has 144 valence electrons. The lowest BCUT2D eigenvalue weighted by Gasteiger charge is -2.15. The van der Waals surface area contributed by atoms with Gasteiger partial charge in [0.2, 0.25) is 0 Å². The number of benzene rings is 1. The van der Waals surface area contributed by atoms with Gasteiger partial charge in [-0.15, -0.1) is 0 Å². The summed E-state index contributed by atoms with van der Waals surface area (Å²) < 4.78 is 15.4. The zero-order chi connectivity index (χ0) is 19.5. The van der Waals surface area contributed by atoms with Crippen LogP contribution in [0.1, 0.15) is 37.0 Å². The number of thiocarbonyl (C=S) groups is 1. The Morgan fingerprint density at radius 1 is 1.15 bits per heavy atom. The lowest BCUT2D eigenvalue weighted by molar-refractivity contribution is -0.140. The van der Waals surface area contributed by atoms with Crippen LogP contribution in [0.5, 0.6) is 11.5 Å². The van der Waals surface area contributed by atoms with Gasteiger partial charge >= 0.3 is 5.97 Å². The van der Waals surface area contributed by atoms with Crippen molar-refractivity contribution in [3.05, 3.63) is 23.8 Å². The number of amides is 1. The first kappa shape index (κ1) is 21.5. The first-order valence-corrected chi connectivity index (χ1v) is 8.54. The fraction of sp³-hybridized carbons (Fsp3) is 0.471. The number of hydrazine groups is 1. The van der Waals surface area contributed by atoms with E-state index in [4.69, 9.17) is 21.7 Å². The smallest absolute Gasteiger partial charge is 0.305 e. The van der Waals surface area contributed by atoms with Crippen molar-refractivity contribution in [2.45, 2.75) is 32.8 Å². The molecule has 8 nitrogen and oxygen atoms in total. The maximum Gasteiger partial charge on any atom is 0.305 e. The summed E-state index contributed by atoms with van der Waals surface area (Å²) in [5.74, 6) is 0.376. The van der Waals surface area contributed by atoms with Gasteiger partial charge in [-0.3, -0.25) is 20.4 Å². The molecule has 0 atom stereocenters. The molecule has 1 aromatic rings. The highest BCUT2D eigenvalue weighted by Gasteiger charge is 2.12. The minimum absolute atomic E-state index is 0.00660. The number of carbonyl (C=O) groups excluding carboxylic acids is 2. The molecule has 26 heavy (non-hydrogen) atoms. The van der Waals surface area contributed by atoms with Gasteiger partial charge in [0.15, 0.2) is 16.6 Å². The number of rotatable bonds is 8. The summed E-state index contributed by atoms with van der Waals surface area (Å²) in [5.41, 5.74) is 5.48. The Kier molecular flexibility index (Phi) is 9.21. The van der Waals surface area contributed by atoms with Gasteiger partial charge in [-0.1, -0.05) is 0 Å². The molecule has 0 saturated carbocycles. The van der Waals surface area contributed by atoms with E-state index >= 15 is 0 Å². The van der Waals surface area contributed by atoms with Gasteiger partial charge in [-0.25, -0.2) is 0 Å². The number of carbonyl (C=O) groups is 2. The highest BCUT2D eigenvalue weighted by molar-refractivity contribution is 7.80. The molecule has 0 heterocycles. The van der Waals surface area contributed by atoms with E-state index < -0.39 is 0 Å². The second-order valence-corrected chi connectivity index (χ2v) is 5.96. The van der Waals surface area contributed by atoms with Crippen molar-refractivity contribution in [1.29, 1.82) is 0 Å². The predicted octanol–water partition coefficient (Wildman–Crippen LogP) is 1.54. The quantitative estimate of drug-likeness (QED) is 0.269. The molecular weight excluding hydrogens is 358 g/mol. The molecular formula is C17H25N3O5S. The van der Waals surface area contributed by atoms with Crippen LogP contribution in [-0.4, -0.2) is 43.9 Å². The van der Waals surface area contributed by atoms with Crippen molar-refractivity contribution in [3.8, 4) is 11.5 Å². The average Bonchev–Trinajstić information content (AvgIpc) is 2.62. The van der Waals surface area contributed by atoms with E-state index in [1.165, 1.54) is 14.2 Å². The van der Waals surface area contributed by atoms with E-state index in [0.29, 0.717) is 36.4 Å². The Labute approximate surface area is 158 Å². The number of hydrogen-bond donors (Lipinski definition) is 3. The third-order valence-electron chi connectivity index (χ3n) is 3.15. The van der Waals surface area contributed by atoms with Gasteiger partial charge in [-0.05, 0) is 50.7 Å². The van der Waals surface area contributed by atoms with E-state index in [2.05, 4.69) is 20.9 Å². The van der Waals surface area contributed by atoms with Crippen LogP contribution in [0.3, 0.4) is 0 Å². The number of esters is 1. The van der Waals surface area contributed by atoms with Crippen molar-refractivity contribution < 1.29 is 23.8 Å². The molecule has 0 bridgehead atoms. The first-order chi connectivity index (χ1) is 12.4. The maximum absolute atomic E-state index is 12.2. The molecule has 1 rings (SSSR count). The third kappa shape index (κ3) is 7.56. The molecule has 0 spiro atoms. The van der Waals surface area contributed by atoms with E-state index in [1.807, 2.05) is 13.8 Å². The fourth-order valence-corrected chi connectivity index (χ4v) is 2.08. The molecule has 0 aliphatic carbocycles. The lowest BCUT2D eigenvalue weighted by atomic mass is 10.2. The van der Waals surface area contributed by atoms with E-state index in [-0.39, 0.29) is 23.1 Å². The minimum atomic E-state index is -0.377. The van der Waals surface area contributed by atoms with Gasteiger partial charge in [0.25, 0.3) is 5.91 Å². The minimum Gasteiger partial charge on any atom is -0.493 e. The summed E-state index contributed by atoms with van der Waals surface area (Å²) >= 11 is 5.05. The molecule has 3 N–H and O–H groups in total. The van der Waals surface area contributed by atoms with Gasteiger partial charge < -0.3 is 19.5 Å². The highest BCUT2D eigenvalue weighted by Crippen LogP contribution is 2.28. The fourth-order valence-electron chi connectivity index (χ4n) is 1.93. The van der Waals surface area contributed by atoms with Crippen LogP contribution < -0.4 is 25.6 Å². The number of methoxy groups -OCH3 is 2. The van der Waals surface area contributed by atoms with Crippen molar-refractivity contribution in [2.24, 2.45) is 0 Å². The first-order valence-electron chi connectivity index (χ1n) is 8.13. The molecule has 9 heteroatoms. The highest BCUT2D eigenvalue weighted by atomic mass is 32.1. The molecule has 0 radical (unpaired) electrons. The van der Waals surface area contributed by atoms with Crippen LogP contribution in [0, 0.1) is 0 Å². The second-order valence-electron chi connectivity index (χ2n) is 5.55. The Bertz CT molecular complexity index is 637. The molecule has 0 fully saturated rings. The van der Waals surface area contributed by atoms with Crippen LogP contribution in [0.4, 0.5) is 0 Å². The molecule has 1 amide bonds. The van der Waals surface area contributed by atoms with Crippen molar-refractivity contribution in [1.82, 2.24) is 16.2 Å². The van der Waals surface area contributed by atoms with Crippen LogP contribution in [0.2, 0.25) is 0 Å².